The van der Waals surface area contributed by atoms with Crippen molar-refractivity contribution in [2.24, 2.45) is 11.1 Å². The maximum Gasteiger partial charge on any atom is 0.235 e. The summed E-state index contributed by atoms with van der Waals surface area (Å²) < 4.78 is 0. The molecule has 18 heavy (non-hydrogen) atoms. The van der Waals surface area contributed by atoms with Crippen LogP contribution in [0.2, 0.25) is 0 Å². The van der Waals surface area contributed by atoms with Gasteiger partial charge in [-0.3, -0.25) is 4.79 Å². The van der Waals surface area contributed by atoms with Gasteiger partial charge in [0.2, 0.25) is 5.91 Å². The zero-order valence-electron chi connectivity index (χ0n) is 12.3. The van der Waals surface area contributed by atoms with Gasteiger partial charge in [0.05, 0.1) is 6.04 Å². The van der Waals surface area contributed by atoms with Gasteiger partial charge in [0.25, 0.3) is 0 Å². The van der Waals surface area contributed by atoms with E-state index in [0.717, 1.165) is 19.6 Å². The van der Waals surface area contributed by atoms with E-state index in [1.54, 1.807) is 0 Å². The minimum Gasteiger partial charge on any atom is -0.368 e. The number of likely N-dealkylation sites (tertiary alicyclic amines) is 1. The normalized spacial score (nSPS) is 22.7. The van der Waals surface area contributed by atoms with Crippen LogP contribution in [0, 0.1) is 5.41 Å². The van der Waals surface area contributed by atoms with Gasteiger partial charge in [-0.15, -0.1) is 0 Å². The summed E-state index contributed by atoms with van der Waals surface area (Å²) >= 11 is 0. The van der Waals surface area contributed by atoms with Crippen LogP contribution in [0.15, 0.2) is 0 Å². The molecule has 106 valence electrons. The summed E-state index contributed by atoms with van der Waals surface area (Å²) in [4.78, 5) is 13.8. The Labute approximate surface area is 111 Å². The van der Waals surface area contributed by atoms with Gasteiger partial charge in [-0.1, -0.05) is 27.7 Å². The zero-order valence-corrected chi connectivity index (χ0v) is 12.3. The second-order valence-corrected chi connectivity index (χ2v) is 6.59. The van der Waals surface area contributed by atoms with Crippen LogP contribution < -0.4 is 11.1 Å². The molecule has 0 radical (unpaired) electrons. The first-order valence-corrected chi connectivity index (χ1v) is 7.08. The molecule has 1 fully saturated rings. The summed E-state index contributed by atoms with van der Waals surface area (Å²) in [5, 5.41) is 3.25. The second kappa shape index (κ2) is 6.53. The molecule has 0 bridgehead atoms. The summed E-state index contributed by atoms with van der Waals surface area (Å²) in [6.07, 6.45) is 3.67. The predicted molar refractivity (Wildman–Crippen MR) is 75.3 cm³/mol. The topological polar surface area (TPSA) is 58.4 Å². The van der Waals surface area contributed by atoms with E-state index < -0.39 is 0 Å². The lowest BCUT2D eigenvalue weighted by Crippen LogP contribution is -2.51. The lowest BCUT2D eigenvalue weighted by molar-refractivity contribution is -0.120. The Bertz CT molecular complexity index is 276. The molecule has 1 aliphatic rings. The van der Waals surface area contributed by atoms with E-state index in [4.69, 9.17) is 5.73 Å². The summed E-state index contributed by atoms with van der Waals surface area (Å²) in [6, 6.07) is 0.0529. The van der Waals surface area contributed by atoms with Gasteiger partial charge in [-0.25, -0.2) is 0 Å². The van der Waals surface area contributed by atoms with E-state index in [-0.39, 0.29) is 18.0 Å². The molecule has 1 aliphatic heterocycles. The van der Waals surface area contributed by atoms with E-state index in [9.17, 15) is 4.79 Å². The number of nitrogens with two attached hydrogens (primary N) is 1. The summed E-state index contributed by atoms with van der Waals surface area (Å²) in [7, 11) is 0. The second-order valence-electron chi connectivity index (χ2n) is 6.59. The Balaban J connectivity index is 2.51. The third-order valence-corrected chi connectivity index (χ3v) is 3.75. The number of carbonyl (C=O) groups is 1. The molecule has 0 aromatic heterocycles. The van der Waals surface area contributed by atoms with Gasteiger partial charge in [0.15, 0.2) is 0 Å². The summed E-state index contributed by atoms with van der Waals surface area (Å²) in [5.74, 6) is -0.243. The maximum absolute atomic E-state index is 11.5. The number of nitrogens with zero attached hydrogens (tertiary/aromatic N) is 1. The highest BCUT2D eigenvalue weighted by Gasteiger charge is 2.26. The first-order valence-electron chi connectivity index (χ1n) is 7.08. The number of rotatable bonds is 5. The third-order valence-electron chi connectivity index (χ3n) is 3.75. The van der Waals surface area contributed by atoms with E-state index >= 15 is 0 Å². The molecule has 4 heteroatoms. The van der Waals surface area contributed by atoms with Crippen molar-refractivity contribution < 1.29 is 4.79 Å². The smallest absolute Gasteiger partial charge is 0.235 e. The zero-order chi connectivity index (χ0) is 13.8. The molecule has 4 nitrogen and oxygen atoms in total. The lowest BCUT2D eigenvalue weighted by atomic mass is 9.85. The molecular formula is C14H29N3O. The fourth-order valence-electron chi connectivity index (χ4n) is 2.55. The fraction of sp³-hybridized carbons (Fsp3) is 0.929. The van der Waals surface area contributed by atoms with Crippen molar-refractivity contribution in [2.75, 3.05) is 19.6 Å². The van der Waals surface area contributed by atoms with Crippen molar-refractivity contribution in [3.05, 3.63) is 0 Å². The number of amides is 1. The van der Waals surface area contributed by atoms with Gasteiger partial charge in [0, 0.05) is 12.6 Å². The van der Waals surface area contributed by atoms with Gasteiger partial charge < -0.3 is 16.0 Å². The van der Waals surface area contributed by atoms with Crippen LogP contribution in [-0.4, -0.2) is 42.5 Å². The Morgan fingerprint density at radius 1 is 1.33 bits per heavy atom. The molecule has 3 N–H and O–H groups in total. The number of hydrogen-bond acceptors (Lipinski definition) is 3. The van der Waals surface area contributed by atoms with Crippen LogP contribution in [0.1, 0.15) is 47.0 Å². The SMILES string of the molecule is CC(C)NC(CN1CCCC(C)(C)CC1)C(N)=O. The van der Waals surface area contributed by atoms with Gasteiger partial charge in [-0.2, -0.15) is 0 Å². The molecule has 1 unspecified atom stereocenters. The average molecular weight is 255 g/mol. The van der Waals surface area contributed by atoms with E-state index in [1.807, 2.05) is 13.8 Å². The van der Waals surface area contributed by atoms with Crippen LogP contribution in [0.5, 0.6) is 0 Å². The molecule has 1 saturated heterocycles. The van der Waals surface area contributed by atoms with Gasteiger partial charge in [-0.05, 0) is 37.8 Å². The number of nitrogens with one attached hydrogen (secondary N) is 1. The molecule has 1 heterocycles. The highest BCUT2D eigenvalue weighted by molar-refractivity contribution is 5.80. The lowest BCUT2D eigenvalue weighted by Gasteiger charge is -2.27. The minimum atomic E-state index is -0.243. The first kappa shape index (κ1) is 15.4. The molecule has 0 aromatic rings. The van der Waals surface area contributed by atoms with Crippen LogP contribution >= 0.6 is 0 Å². The molecule has 1 atom stereocenters. The van der Waals surface area contributed by atoms with Crippen molar-refractivity contribution in [1.82, 2.24) is 10.2 Å². The monoisotopic (exact) mass is 255 g/mol. The van der Waals surface area contributed by atoms with Crippen molar-refractivity contribution in [3.8, 4) is 0 Å². The predicted octanol–water partition coefficient (Wildman–Crippen LogP) is 1.35. The third kappa shape index (κ3) is 5.36. The van der Waals surface area contributed by atoms with Crippen LogP contribution in [0.25, 0.3) is 0 Å². The van der Waals surface area contributed by atoms with Crippen LogP contribution in [0.4, 0.5) is 0 Å². The average Bonchev–Trinajstić information content (AvgIpc) is 2.38. The molecule has 0 aromatic carbocycles. The fourth-order valence-corrected chi connectivity index (χ4v) is 2.55. The number of primary amides is 1. The minimum absolute atomic E-state index is 0.230. The Morgan fingerprint density at radius 3 is 2.56 bits per heavy atom. The van der Waals surface area contributed by atoms with Crippen molar-refractivity contribution in [2.45, 2.75) is 59.0 Å². The van der Waals surface area contributed by atoms with Crippen LogP contribution in [0.3, 0.4) is 0 Å². The maximum atomic E-state index is 11.5. The molecule has 1 rings (SSSR count). The molecule has 0 aliphatic carbocycles. The van der Waals surface area contributed by atoms with Gasteiger partial charge >= 0.3 is 0 Å². The highest BCUT2D eigenvalue weighted by atomic mass is 16.1. The highest BCUT2D eigenvalue weighted by Crippen LogP contribution is 2.29. The molecule has 1 amide bonds. The Hall–Kier alpha value is -0.610. The van der Waals surface area contributed by atoms with Crippen molar-refractivity contribution in [3.63, 3.8) is 0 Å². The van der Waals surface area contributed by atoms with Crippen molar-refractivity contribution in [1.29, 1.82) is 0 Å². The summed E-state index contributed by atoms with van der Waals surface area (Å²) in [6.45, 7) is 11.6. The van der Waals surface area contributed by atoms with Crippen LogP contribution in [-0.2, 0) is 4.79 Å². The first-order chi connectivity index (χ1) is 8.30. The number of hydrogen-bond donors (Lipinski definition) is 2. The molecule has 0 saturated carbocycles. The molecule has 0 spiro atoms. The number of carbonyl (C=O) groups excluding carboxylic acids is 1. The standard InChI is InChI=1S/C14H29N3O/c1-11(2)16-12(13(15)18)10-17-8-5-6-14(3,4)7-9-17/h11-12,16H,5-10H2,1-4H3,(H2,15,18). The molecular weight excluding hydrogens is 226 g/mol. The quantitative estimate of drug-likeness (QED) is 0.779. The Morgan fingerprint density at radius 2 is 2.00 bits per heavy atom. The Kier molecular flexibility index (Phi) is 5.60. The largest absolute Gasteiger partial charge is 0.368 e. The van der Waals surface area contributed by atoms with E-state index in [2.05, 4.69) is 24.1 Å². The van der Waals surface area contributed by atoms with Gasteiger partial charge in [0.1, 0.15) is 0 Å². The van der Waals surface area contributed by atoms with E-state index in [0.29, 0.717) is 5.41 Å². The van der Waals surface area contributed by atoms with Crippen molar-refractivity contribution >= 4 is 5.91 Å². The van der Waals surface area contributed by atoms with E-state index in [1.165, 1.54) is 19.3 Å². The summed E-state index contributed by atoms with van der Waals surface area (Å²) in [5.41, 5.74) is 5.90.